The van der Waals surface area contributed by atoms with Crippen LogP contribution in [0.2, 0.25) is 10.0 Å². The highest BCUT2D eigenvalue weighted by molar-refractivity contribution is 6.43. The highest BCUT2D eigenvalue weighted by atomic mass is 35.5. The zero-order valence-corrected chi connectivity index (χ0v) is 29.5. The molecule has 2 amide bonds. The predicted molar refractivity (Wildman–Crippen MR) is 194 cm³/mol. The molecule has 1 N–H and O–H groups in total. The topological polar surface area (TPSA) is 99.3 Å². The Morgan fingerprint density at radius 2 is 2.02 bits per heavy atom. The molecule has 4 aliphatic rings. The molecule has 2 bridgehead atoms. The lowest BCUT2D eigenvalue weighted by Crippen LogP contribution is -2.51. The van der Waals surface area contributed by atoms with Crippen LogP contribution in [0.15, 0.2) is 48.7 Å². The summed E-state index contributed by atoms with van der Waals surface area (Å²) in [5.74, 6) is 0.372. The van der Waals surface area contributed by atoms with Gasteiger partial charge in [0.05, 0.1) is 46.5 Å². The van der Waals surface area contributed by atoms with Crippen molar-refractivity contribution in [3.63, 3.8) is 0 Å². The number of nitriles is 1. The van der Waals surface area contributed by atoms with Crippen molar-refractivity contribution < 1.29 is 13.9 Å². The molecule has 1 aliphatic carbocycles. The van der Waals surface area contributed by atoms with E-state index < -0.39 is 5.82 Å². The third-order valence-corrected chi connectivity index (χ3v) is 11.6. The summed E-state index contributed by atoms with van der Waals surface area (Å²) in [5.41, 5.74) is 5.02. The second-order valence-electron chi connectivity index (χ2n) is 13.5. The van der Waals surface area contributed by atoms with Crippen LogP contribution in [0.3, 0.4) is 0 Å². The molecule has 256 valence electrons. The second kappa shape index (κ2) is 12.7. The summed E-state index contributed by atoms with van der Waals surface area (Å²) in [6, 6.07) is 15.2. The van der Waals surface area contributed by atoms with Crippen molar-refractivity contribution >= 4 is 56.7 Å². The van der Waals surface area contributed by atoms with Crippen molar-refractivity contribution in [2.45, 2.75) is 57.7 Å². The van der Waals surface area contributed by atoms with Crippen LogP contribution in [0.5, 0.6) is 5.88 Å². The number of amides is 2. The number of benzene rings is 2. The van der Waals surface area contributed by atoms with E-state index in [1.54, 1.807) is 42.5 Å². The summed E-state index contributed by atoms with van der Waals surface area (Å²) in [6.45, 7) is 6.09. The number of urea groups is 1. The number of hydrogen-bond donors (Lipinski definition) is 1. The largest absolute Gasteiger partial charge is 0.481 e. The van der Waals surface area contributed by atoms with E-state index in [9.17, 15) is 10.1 Å². The Bertz CT molecular complexity index is 2220. The molecule has 4 fully saturated rings. The second-order valence-corrected chi connectivity index (χ2v) is 14.3. The van der Waals surface area contributed by atoms with Crippen LogP contribution in [0.4, 0.5) is 14.9 Å². The first-order chi connectivity index (χ1) is 24.2. The number of methoxy groups -OCH3 is 1. The Hall–Kier alpha value is -4.43. The molecule has 0 spiro atoms. The van der Waals surface area contributed by atoms with Gasteiger partial charge in [0.25, 0.3) is 0 Å². The standard InChI is InChI=1S/C38H36Cl2FN7O2/c1-20-26-18-30(21(2)46-13-6-14-47(38(46)49)24-10-12-43-31(17-24)50-3)48(36-23-16-29(36)44-19-23)37(26)27-15-22(7-5-11-42)32(34(41)35(27)45-20)25-8-4-9-28(39)33(25)40/h4,8-10,12,15,17-18,21,23,29,36,44H,5-7,13-14,16,19H2,1-3H3/t21-,23-,29-,36+/m1/s1. The summed E-state index contributed by atoms with van der Waals surface area (Å²) in [5, 5.41) is 15.4. The predicted octanol–water partition coefficient (Wildman–Crippen LogP) is 8.40. The fourth-order valence-electron chi connectivity index (χ4n) is 8.35. The van der Waals surface area contributed by atoms with Gasteiger partial charge in [0, 0.05) is 77.6 Å². The lowest BCUT2D eigenvalue weighted by molar-refractivity contribution is 0.165. The molecule has 6 heterocycles. The van der Waals surface area contributed by atoms with Gasteiger partial charge in [-0.2, -0.15) is 5.26 Å². The zero-order valence-electron chi connectivity index (χ0n) is 28.0. The van der Waals surface area contributed by atoms with Crippen LogP contribution >= 0.6 is 23.2 Å². The maximum Gasteiger partial charge on any atom is 0.325 e. The number of halogens is 3. The Kier molecular flexibility index (Phi) is 8.33. The molecule has 5 aromatic rings. The molecule has 3 aliphatic heterocycles. The van der Waals surface area contributed by atoms with Gasteiger partial charge in [-0.05, 0) is 68.9 Å². The Morgan fingerprint density at radius 1 is 1.18 bits per heavy atom. The van der Waals surface area contributed by atoms with E-state index >= 15 is 4.39 Å². The fraction of sp³-hybridized carbons (Fsp3) is 0.368. The number of aromatic nitrogens is 3. The third-order valence-electron chi connectivity index (χ3n) is 10.8. The number of aryl methyl sites for hydroxylation is 2. The molecule has 2 aromatic carbocycles. The lowest BCUT2D eigenvalue weighted by Gasteiger charge is -2.42. The van der Waals surface area contributed by atoms with Crippen molar-refractivity contribution in [1.29, 1.82) is 5.26 Å². The van der Waals surface area contributed by atoms with Crippen LogP contribution in [0, 0.1) is 30.0 Å². The SMILES string of the molecule is COc1cc(N2CCCN([C@H](C)c3cc4c(C)nc5c(F)c(-c6cccc(Cl)c6Cl)c(CCC#N)cc5c4n3[C@H]3[C@H]4CN[C@@H]3C4)C2=O)ccn1. The van der Waals surface area contributed by atoms with Crippen LogP contribution in [0.1, 0.15) is 55.2 Å². The molecule has 3 saturated heterocycles. The molecule has 4 atom stereocenters. The van der Waals surface area contributed by atoms with Gasteiger partial charge in [-0.3, -0.25) is 4.90 Å². The van der Waals surface area contributed by atoms with Gasteiger partial charge in [0.1, 0.15) is 5.52 Å². The van der Waals surface area contributed by atoms with E-state index in [1.165, 1.54) is 0 Å². The summed E-state index contributed by atoms with van der Waals surface area (Å²) >= 11 is 13.1. The van der Waals surface area contributed by atoms with Crippen LogP contribution in [-0.4, -0.2) is 58.3 Å². The normalized spacial score (nSPS) is 20.7. The van der Waals surface area contributed by atoms with E-state index in [0.717, 1.165) is 41.7 Å². The molecule has 9 rings (SSSR count). The summed E-state index contributed by atoms with van der Waals surface area (Å²) < 4.78 is 24.8. The number of carbonyl (C=O) groups is 1. The first-order valence-corrected chi connectivity index (χ1v) is 17.8. The number of anilines is 1. The van der Waals surface area contributed by atoms with E-state index in [-0.39, 0.29) is 41.1 Å². The van der Waals surface area contributed by atoms with Crippen molar-refractivity contribution in [2.24, 2.45) is 5.92 Å². The van der Waals surface area contributed by atoms with Gasteiger partial charge < -0.3 is 19.5 Å². The third kappa shape index (κ3) is 5.09. The Morgan fingerprint density at radius 3 is 2.76 bits per heavy atom. The smallest absolute Gasteiger partial charge is 0.325 e. The van der Waals surface area contributed by atoms with Gasteiger partial charge in [-0.15, -0.1) is 0 Å². The number of hydrogen-bond acceptors (Lipinski definition) is 6. The minimum atomic E-state index is -0.490. The monoisotopic (exact) mass is 711 g/mol. The van der Waals surface area contributed by atoms with Crippen molar-refractivity contribution in [3.05, 3.63) is 81.5 Å². The van der Waals surface area contributed by atoms with Crippen molar-refractivity contribution in [3.8, 4) is 23.1 Å². The number of carbonyl (C=O) groups excluding carboxylic acids is 1. The molecule has 1 saturated carbocycles. The van der Waals surface area contributed by atoms with Crippen LogP contribution < -0.4 is 15.0 Å². The van der Waals surface area contributed by atoms with E-state index in [4.69, 9.17) is 32.9 Å². The molecule has 12 heteroatoms. The van der Waals surface area contributed by atoms with E-state index in [2.05, 4.69) is 33.9 Å². The first kappa shape index (κ1) is 32.8. The average Bonchev–Trinajstić information content (AvgIpc) is 3.86. The van der Waals surface area contributed by atoms with Gasteiger partial charge in [0.2, 0.25) is 5.88 Å². The molecule has 0 radical (unpaired) electrons. The minimum Gasteiger partial charge on any atom is -0.481 e. The first-order valence-electron chi connectivity index (χ1n) is 17.0. The summed E-state index contributed by atoms with van der Waals surface area (Å²) in [7, 11) is 1.56. The number of rotatable bonds is 8. The van der Waals surface area contributed by atoms with Gasteiger partial charge in [0.15, 0.2) is 5.82 Å². The molecule has 50 heavy (non-hydrogen) atoms. The van der Waals surface area contributed by atoms with Gasteiger partial charge in [-0.1, -0.05) is 35.3 Å². The number of ether oxygens (including phenoxy) is 1. The van der Waals surface area contributed by atoms with Gasteiger partial charge >= 0.3 is 6.03 Å². The minimum absolute atomic E-state index is 0.0869. The van der Waals surface area contributed by atoms with Gasteiger partial charge in [-0.25, -0.2) is 19.2 Å². The Balaban J connectivity index is 1.33. The maximum atomic E-state index is 17.1. The summed E-state index contributed by atoms with van der Waals surface area (Å²) in [4.78, 5) is 27.0. The molecule has 0 unspecified atom stereocenters. The van der Waals surface area contributed by atoms with Crippen molar-refractivity contribution in [2.75, 3.05) is 31.6 Å². The number of pyridine rings is 2. The highest BCUT2D eigenvalue weighted by Gasteiger charge is 2.49. The highest BCUT2D eigenvalue weighted by Crippen LogP contribution is 2.50. The average molecular weight is 713 g/mol. The Labute approximate surface area is 299 Å². The fourth-order valence-corrected chi connectivity index (χ4v) is 8.74. The van der Waals surface area contributed by atoms with Crippen LogP contribution in [0.25, 0.3) is 32.9 Å². The van der Waals surface area contributed by atoms with E-state index in [1.807, 2.05) is 24.0 Å². The summed E-state index contributed by atoms with van der Waals surface area (Å²) in [6.07, 6.45) is 4.05. The molecular weight excluding hydrogens is 676 g/mol. The molecule has 9 nitrogen and oxygen atoms in total. The number of nitrogens with one attached hydrogen (secondary N) is 1. The molecular formula is C38H36Cl2FN7O2. The number of fused-ring (bicyclic) bond motifs is 4. The molecule has 3 aromatic heterocycles. The zero-order chi connectivity index (χ0) is 34.8. The lowest BCUT2D eigenvalue weighted by atomic mass is 9.79. The maximum absolute atomic E-state index is 17.1. The van der Waals surface area contributed by atoms with Crippen molar-refractivity contribution in [1.82, 2.24) is 24.8 Å². The van der Waals surface area contributed by atoms with Crippen LogP contribution in [-0.2, 0) is 6.42 Å². The quantitative estimate of drug-likeness (QED) is 0.174. The van der Waals surface area contributed by atoms with E-state index in [0.29, 0.717) is 64.1 Å². The number of nitrogens with zero attached hydrogens (tertiary/aromatic N) is 6.